The van der Waals surface area contributed by atoms with Gasteiger partial charge in [-0.1, -0.05) is 32.0 Å². The van der Waals surface area contributed by atoms with Gasteiger partial charge in [0, 0.05) is 17.5 Å². The Balaban J connectivity index is 2.40. The molecule has 1 atom stereocenters. The number of fused-ring (bicyclic) bond motifs is 1. The van der Waals surface area contributed by atoms with Gasteiger partial charge in [0.25, 0.3) is 0 Å². The predicted octanol–water partition coefficient (Wildman–Crippen LogP) is 2.71. The average Bonchev–Trinajstić information content (AvgIpc) is 2.29. The third-order valence-corrected chi connectivity index (χ3v) is 3.49. The number of ether oxygens (including phenoxy) is 1. The third kappa shape index (κ3) is 1.94. The quantitative estimate of drug-likeness (QED) is 0.848. The maximum atomic E-state index is 6.05. The van der Waals surface area contributed by atoms with Gasteiger partial charge in [0.15, 0.2) is 0 Å². The first-order chi connectivity index (χ1) is 7.68. The Hall–Kier alpha value is -1.02. The SMILES string of the molecule is CC(C)CC1(CN)CCOc2ccccc21. The Labute approximate surface area is 97.8 Å². The fourth-order valence-corrected chi connectivity index (χ4v) is 2.81. The first-order valence-corrected chi connectivity index (χ1v) is 6.10. The highest BCUT2D eigenvalue weighted by Gasteiger charge is 2.36. The van der Waals surface area contributed by atoms with E-state index in [-0.39, 0.29) is 5.41 Å². The molecule has 1 heterocycles. The Kier molecular flexibility index (Phi) is 3.20. The van der Waals surface area contributed by atoms with E-state index < -0.39 is 0 Å². The van der Waals surface area contributed by atoms with Gasteiger partial charge in [-0.25, -0.2) is 0 Å². The van der Waals surface area contributed by atoms with E-state index >= 15 is 0 Å². The topological polar surface area (TPSA) is 35.2 Å². The molecule has 1 aliphatic rings. The average molecular weight is 219 g/mol. The molecule has 0 saturated heterocycles. The molecule has 1 aromatic rings. The van der Waals surface area contributed by atoms with Crippen LogP contribution >= 0.6 is 0 Å². The molecular weight excluding hydrogens is 198 g/mol. The molecule has 0 aromatic heterocycles. The number of hydrogen-bond donors (Lipinski definition) is 1. The van der Waals surface area contributed by atoms with E-state index in [1.54, 1.807) is 0 Å². The van der Waals surface area contributed by atoms with E-state index in [0.717, 1.165) is 25.2 Å². The Bertz CT molecular complexity index is 362. The number of hydrogen-bond acceptors (Lipinski definition) is 2. The van der Waals surface area contributed by atoms with Crippen LogP contribution in [0, 0.1) is 5.92 Å². The summed E-state index contributed by atoms with van der Waals surface area (Å²) in [4.78, 5) is 0. The summed E-state index contributed by atoms with van der Waals surface area (Å²) in [5.74, 6) is 1.69. The van der Waals surface area contributed by atoms with Crippen molar-refractivity contribution in [2.45, 2.75) is 32.1 Å². The summed E-state index contributed by atoms with van der Waals surface area (Å²) in [6.07, 6.45) is 2.18. The zero-order valence-electron chi connectivity index (χ0n) is 10.2. The second-order valence-corrected chi connectivity index (χ2v) is 5.18. The smallest absolute Gasteiger partial charge is 0.123 e. The predicted molar refractivity (Wildman–Crippen MR) is 66.7 cm³/mol. The highest BCUT2D eigenvalue weighted by molar-refractivity contribution is 5.41. The molecule has 1 unspecified atom stereocenters. The van der Waals surface area contributed by atoms with Crippen molar-refractivity contribution < 1.29 is 4.74 Å². The lowest BCUT2D eigenvalue weighted by Gasteiger charge is -2.39. The van der Waals surface area contributed by atoms with Crippen molar-refractivity contribution in [3.63, 3.8) is 0 Å². The summed E-state index contributed by atoms with van der Waals surface area (Å²) in [5.41, 5.74) is 7.48. The summed E-state index contributed by atoms with van der Waals surface area (Å²) < 4.78 is 5.71. The normalized spacial score (nSPS) is 24.0. The molecule has 0 amide bonds. The van der Waals surface area contributed by atoms with Gasteiger partial charge in [-0.05, 0) is 24.8 Å². The van der Waals surface area contributed by atoms with E-state index in [4.69, 9.17) is 10.5 Å². The monoisotopic (exact) mass is 219 g/mol. The van der Waals surface area contributed by atoms with Crippen molar-refractivity contribution in [1.82, 2.24) is 0 Å². The second kappa shape index (κ2) is 4.46. The molecule has 1 aliphatic heterocycles. The third-order valence-electron chi connectivity index (χ3n) is 3.49. The summed E-state index contributed by atoms with van der Waals surface area (Å²) >= 11 is 0. The molecule has 16 heavy (non-hydrogen) atoms. The molecule has 2 N–H and O–H groups in total. The van der Waals surface area contributed by atoms with Crippen LogP contribution in [-0.4, -0.2) is 13.2 Å². The van der Waals surface area contributed by atoms with Gasteiger partial charge >= 0.3 is 0 Å². The highest BCUT2D eigenvalue weighted by Crippen LogP contribution is 2.42. The molecule has 88 valence electrons. The van der Waals surface area contributed by atoms with E-state index in [2.05, 4.69) is 32.0 Å². The minimum Gasteiger partial charge on any atom is -0.493 e. The summed E-state index contributed by atoms with van der Waals surface area (Å²) in [6.45, 7) is 6.03. The first kappa shape index (κ1) is 11.5. The molecule has 1 aromatic carbocycles. The zero-order chi connectivity index (χ0) is 11.6. The fraction of sp³-hybridized carbons (Fsp3) is 0.571. The minimum atomic E-state index is 0.128. The van der Waals surface area contributed by atoms with Crippen molar-refractivity contribution in [3.05, 3.63) is 29.8 Å². The number of rotatable bonds is 3. The van der Waals surface area contributed by atoms with Crippen LogP contribution in [0.3, 0.4) is 0 Å². The van der Waals surface area contributed by atoms with Gasteiger partial charge in [-0.15, -0.1) is 0 Å². The lowest BCUT2D eigenvalue weighted by Crippen LogP contribution is -2.40. The summed E-state index contributed by atoms with van der Waals surface area (Å²) in [7, 11) is 0. The van der Waals surface area contributed by atoms with Gasteiger partial charge in [0.2, 0.25) is 0 Å². The molecule has 0 radical (unpaired) electrons. The first-order valence-electron chi connectivity index (χ1n) is 6.10. The van der Waals surface area contributed by atoms with Crippen molar-refractivity contribution in [1.29, 1.82) is 0 Å². The van der Waals surface area contributed by atoms with Crippen LogP contribution in [0.5, 0.6) is 5.75 Å². The van der Waals surface area contributed by atoms with Crippen molar-refractivity contribution in [2.75, 3.05) is 13.2 Å². The van der Waals surface area contributed by atoms with Gasteiger partial charge < -0.3 is 10.5 Å². The van der Waals surface area contributed by atoms with Gasteiger partial charge in [0.1, 0.15) is 5.75 Å². The Morgan fingerprint density at radius 1 is 1.38 bits per heavy atom. The zero-order valence-corrected chi connectivity index (χ0v) is 10.2. The van der Waals surface area contributed by atoms with Crippen LogP contribution in [0.15, 0.2) is 24.3 Å². The number of para-hydroxylation sites is 1. The fourth-order valence-electron chi connectivity index (χ4n) is 2.81. The molecule has 0 saturated carbocycles. The van der Waals surface area contributed by atoms with E-state index in [9.17, 15) is 0 Å². The minimum absolute atomic E-state index is 0.128. The molecule has 0 aliphatic carbocycles. The highest BCUT2D eigenvalue weighted by atomic mass is 16.5. The van der Waals surface area contributed by atoms with Crippen LogP contribution in [0.4, 0.5) is 0 Å². The maximum absolute atomic E-state index is 6.05. The largest absolute Gasteiger partial charge is 0.493 e. The molecule has 2 nitrogen and oxygen atoms in total. The van der Waals surface area contributed by atoms with Crippen molar-refractivity contribution in [2.24, 2.45) is 11.7 Å². The molecule has 0 bridgehead atoms. The Morgan fingerprint density at radius 2 is 2.12 bits per heavy atom. The molecular formula is C14H21NO. The van der Waals surface area contributed by atoms with E-state index in [1.165, 1.54) is 5.56 Å². The van der Waals surface area contributed by atoms with Crippen molar-refractivity contribution >= 4 is 0 Å². The maximum Gasteiger partial charge on any atom is 0.123 e. The molecule has 0 fully saturated rings. The Morgan fingerprint density at radius 3 is 2.81 bits per heavy atom. The molecule has 2 heteroatoms. The van der Waals surface area contributed by atoms with Crippen LogP contribution in [-0.2, 0) is 5.41 Å². The van der Waals surface area contributed by atoms with Crippen LogP contribution in [0.25, 0.3) is 0 Å². The molecule has 2 rings (SSSR count). The number of benzene rings is 1. The van der Waals surface area contributed by atoms with Crippen molar-refractivity contribution in [3.8, 4) is 5.75 Å². The second-order valence-electron chi connectivity index (χ2n) is 5.18. The standard InChI is InChI=1S/C14H21NO/c1-11(2)9-14(10-15)7-8-16-13-6-4-3-5-12(13)14/h3-6,11H,7-10,15H2,1-2H3. The van der Waals surface area contributed by atoms with Gasteiger partial charge in [0.05, 0.1) is 6.61 Å². The van der Waals surface area contributed by atoms with Gasteiger partial charge in [-0.3, -0.25) is 0 Å². The summed E-state index contributed by atoms with van der Waals surface area (Å²) in [6, 6.07) is 8.34. The summed E-state index contributed by atoms with van der Waals surface area (Å²) in [5, 5.41) is 0. The lowest BCUT2D eigenvalue weighted by atomic mass is 9.71. The van der Waals surface area contributed by atoms with Crippen LogP contribution in [0.1, 0.15) is 32.3 Å². The van der Waals surface area contributed by atoms with E-state index in [0.29, 0.717) is 12.5 Å². The lowest BCUT2D eigenvalue weighted by molar-refractivity contribution is 0.196. The van der Waals surface area contributed by atoms with E-state index in [1.807, 2.05) is 6.07 Å². The van der Waals surface area contributed by atoms with Gasteiger partial charge in [-0.2, -0.15) is 0 Å². The molecule has 0 spiro atoms. The number of nitrogens with two attached hydrogens (primary N) is 1. The van der Waals surface area contributed by atoms with Crippen LogP contribution < -0.4 is 10.5 Å². The van der Waals surface area contributed by atoms with Crippen LogP contribution in [0.2, 0.25) is 0 Å².